The Morgan fingerprint density at radius 2 is 1.54 bits per heavy atom. The molecule has 4 rings (SSSR count). The van der Waals surface area contributed by atoms with Crippen LogP contribution in [0.5, 0.6) is 0 Å². The molecule has 0 bridgehead atoms. The maximum absolute atomic E-state index is 13.3. The molecule has 182 valence electrons. The van der Waals surface area contributed by atoms with Crippen molar-refractivity contribution in [3.63, 3.8) is 0 Å². The van der Waals surface area contributed by atoms with Crippen LogP contribution in [0.15, 0.2) is 87.6 Å². The minimum Gasteiger partial charge on any atom is -0.287 e. The predicted octanol–water partition coefficient (Wildman–Crippen LogP) is 4.88. The number of nitrogens with zero attached hydrogens (tertiary/aromatic N) is 2. The van der Waals surface area contributed by atoms with Crippen molar-refractivity contribution in [3.8, 4) is 0 Å². The molecule has 0 saturated heterocycles. The molecule has 0 atom stereocenters. The molecule has 0 unspecified atom stereocenters. The van der Waals surface area contributed by atoms with Crippen LogP contribution in [0.3, 0.4) is 0 Å². The molecule has 1 heterocycles. The zero-order valence-corrected chi connectivity index (χ0v) is 21.7. The van der Waals surface area contributed by atoms with Crippen LogP contribution in [0.4, 0.5) is 0 Å². The van der Waals surface area contributed by atoms with Gasteiger partial charge in [-0.25, -0.2) is 18.5 Å². The van der Waals surface area contributed by atoms with Crippen molar-refractivity contribution in [2.24, 2.45) is 5.14 Å². The fourth-order valence-corrected chi connectivity index (χ4v) is 5.29. The summed E-state index contributed by atoms with van der Waals surface area (Å²) >= 11 is 1.54. The Hall–Kier alpha value is -2.94. The molecule has 0 saturated carbocycles. The molecule has 0 radical (unpaired) electrons. The van der Waals surface area contributed by atoms with E-state index in [1.54, 1.807) is 22.8 Å². The molecule has 6 nitrogen and oxygen atoms in total. The summed E-state index contributed by atoms with van der Waals surface area (Å²) in [6, 6.07) is 22.4. The summed E-state index contributed by atoms with van der Waals surface area (Å²) in [6.07, 6.45) is 0.554. The maximum Gasteiger partial charge on any atom is 0.262 e. The predicted molar refractivity (Wildman–Crippen MR) is 142 cm³/mol. The summed E-state index contributed by atoms with van der Waals surface area (Å²) in [4.78, 5) is 18.2. The Morgan fingerprint density at radius 3 is 2.17 bits per heavy atom. The van der Waals surface area contributed by atoms with E-state index in [1.807, 2.05) is 18.2 Å². The average molecular weight is 508 g/mol. The van der Waals surface area contributed by atoms with Gasteiger partial charge in [0, 0.05) is 12.3 Å². The third kappa shape index (κ3) is 6.01. The maximum atomic E-state index is 13.3. The number of sulfonamides is 1. The first kappa shape index (κ1) is 25.2. The second-order valence-electron chi connectivity index (χ2n) is 9.54. The molecule has 2 N–H and O–H groups in total. The summed E-state index contributed by atoms with van der Waals surface area (Å²) in [5.74, 6) is 0.693. The summed E-state index contributed by atoms with van der Waals surface area (Å²) < 4.78 is 24.7. The van der Waals surface area contributed by atoms with E-state index >= 15 is 0 Å². The summed E-state index contributed by atoms with van der Waals surface area (Å²) in [7, 11) is -3.74. The van der Waals surface area contributed by atoms with Gasteiger partial charge in [-0.3, -0.25) is 9.36 Å². The summed E-state index contributed by atoms with van der Waals surface area (Å²) in [5.41, 5.74) is 4.04. The van der Waals surface area contributed by atoms with Gasteiger partial charge >= 0.3 is 0 Å². The van der Waals surface area contributed by atoms with E-state index in [0.29, 0.717) is 34.8 Å². The number of aromatic nitrogens is 2. The van der Waals surface area contributed by atoms with Crippen molar-refractivity contribution in [2.45, 2.75) is 55.0 Å². The van der Waals surface area contributed by atoms with Crippen LogP contribution in [0.2, 0.25) is 0 Å². The first-order valence-corrected chi connectivity index (χ1v) is 13.9. The second-order valence-corrected chi connectivity index (χ2v) is 12.0. The highest BCUT2D eigenvalue weighted by Crippen LogP contribution is 2.26. The third-order valence-electron chi connectivity index (χ3n) is 5.89. The van der Waals surface area contributed by atoms with Crippen molar-refractivity contribution in [1.29, 1.82) is 0 Å². The molecular weight excluding hydrogens is 478 g/mol. The standard InChI is InChI=1S/C27H29N3O3S2/c1-27(2,3)21-12-8-20(9-13-21)18-34-26-29-24-7-5-4-6-23(24)25(31)30(26)17-16-19-10-14-22(15-11-19)35(28,32)33/h4-15H,16-18H2,1-3H3,(H2,28,32,33). The first-order valence-electron chi connectivity index (χ1n) is 11.4. The number of para-hydroxylation sites is 1. The van der Waals surface area contributed by atoms with E-state index in [0.717, 1.165) is 11.1 Å². The van der Waals surface area contributed by atoms with E-state index in [2.05, 4.69) is 45.0 Å². The molecule has 1 aromatic heterocycles. The third-order valence-corrected chi connectivity index (χ3v) is 7.87. The first-order chi connectivity index (χ1) is 16.5. The number of aryl methyl sites for hydroxylation is 1. The highest BCUT2D eigenvalue weighted by atomic mass is 32.2. The van der Waals surface area contributed by atoms with Gasteiger partial charge < -0.3 is 0 Å². The number of hydrogen-bond donors (Lipinski definition) is 1. The van der Waals surface area contributed by atoms with Crippen molar-refractivity contribution in [2.75, 3.05) is 0 Å². The van der Waals surface area contributed by atoms with Crippen LogP contribution >= 0.6 is 11.8 Å². The molecule has 0 aliphatic rings. The molecule has 0 aliphatic carbocycles. The van der Waals surface area contributed by atoms with Gasteiger partial charge in [0.15, 0.2) is 5.16 Å². The van der Waals surface area contributed by atoms with Crippen molar-refractivity contribution in [1.82, 2.24) is 9.55 Å². The van der Waals surface area contributed by atoms with Gasteiger partial charge in [-0.1, -0.05) is 81.1 Å². The molecular formula is C27H29N3O3S2. The van der Waals surface area contributed by atoms with Gasteiger partial charge in [0.1, 0.15) is 0 Å². The number of thioether (sulfide) groups is 1. The minimum atomic E-state index is -3.74. The Bertz CT molecular complexity index is 1500. The monoisotopic (exact) mass is 507 g/mol. The molecule has 0 amide bonds. The van der Waals surface area contributed by atoms with E-state index in [9.17, 15) is 13.2 Å². The fourth-order valence-electron chi connectivity index (χ4n) is 3.79. The number of fused-ring (bicyclic) bond motifs is 1. The molecule has 35 heavy (non-hydrogen) atoms. The van der Waals surface area contributed by atoms with Crippen LogP contribution < -0.4 is 10.7 Å². The fraction of sp³-hybridized carbons (Fsp3) is 0.259. The van der Waals surface area contributed by atoms with Gasteiger partial charge in [-0.15, -0.1) is 0 Å². The lowest BCUT2D eigenvalue weighted by Crippen LogP contribution is -2.24. The Morgan fingerprint density at radius 1 is 0.914 bits per heavy atom. The molecule has 4 aromatic rings. The van der Waals surface area contributed by atoms with E-state index < -0.39 is 10.0 Å². The van der Waals surface area contributed by atoms with Gasteiger partial charge in [-0.05, 0) is 52.8 Å². The second kappa shape index (κ2) is 9.97. The molecule has 0 aliphatic heterocycles. The lowest BCUT2D eigenvalue weighted by molar-refractivity contribution is 0.590. The number of hydrogen-bond acceptors (Lipinski definition) is 5. The lowest BCUT2D eigenvalue weighted by atomic mass is 9.87. The SMILES string of the molecule is CC(C)(C)c1ccc(CSc2nc3ccccc3c(=O)n2CCc2ccc(S(N)(=O)=O)cc2)cc1. The molecule has 8 heteroatoms. The van der Waals surface area contributed by atoms with Crippen LogP contribution in [-0.2, 0) is 34.2 Å². The number of primary sulfonamides is 1. The van der Waals surface area contributed by atoms with E-state index in [1.165, 1.54) is 29.5 Å². The average Bonchev–Trinajstić information content (AvgIpc) is 2.82. The van der Waals surface area contributed by atoms with E-state index in [-0.39, 0.29) is 15.9 Å². The lowest BCUT2D eigenvalue weighted by Gasteiger charge is -2.19. The summed E-state index contributed by atoms with van der Waals surface area (Å²) in [6.45, 7) is 7.00. The van der Waals surface area contributed by atoms with Gasteiger partial charge in [-0.2, -0.15) is 0 Å². The van der Waals surface area contributed by atoms with Crippen molar-refractivity contribution >= 4 is 32.7 Å². The zero-order chi connectivity index (χ0) is 25.2. The number of rotatable bonds is 7. The Labute approximate surface area is 210 Å². The number of benzene rings is 3. The minimum absolute atomic E-state index is 0.0690. The zero-order valence-electron chi connectivity index (χ0n) is 20.1. The largest absolute Gasteiger partial charge is 0.287 e. The normalized spacial score (nSPS) is 12.2. The molecule has 3 aromatic carbocycles. The van der Waals surface area contributed by atoms with E-state index in [4.69, 9.17) is 10.1 Å². The van der Waals surface area contributed by atoms with Crippen molar-refractivity contribution < 1.29 is 8.42 Å². The Balaban J connectivity index is 1.59. The van der Waals surface area contributed by atoms with Crippen molar-refractivity contribution in [3.05, 3.63) is 99.8 Å². The van der Waals surface area contributed by atoms with Crippen LogP contribution in [0.1, 0.15) is 37.5 Å². The Kier molecular flexibility index (Phi) is 7.17. The van der Waals surface area contributed by atoms with Gasteiger partial charge in [0.05, 0.1) is 15.8 Å². The smallest absolute Gasteiger partial charge is 0.262 e. The van der Waals surface area contributed by atoms with Gasteiger partial charge in [0.25, 0.3) is 5.56 Å². The molecule has 0 spiro atoms. The summed E-state index contributed by atoms with van der Waals surface area (Å²) in [5, 5.41) is 6.43. The highest BCUT2D eigenvalue weighted by molar-refractivity contribution is 7.98. The quantitative estimate of drug-likeness (QED) is 0.284. The van der Waals surface area contributed by atoms with Crippen LogP contribution in [0.25, 0.3) is 10.9 Å². The van der Waals surface area contributed by atoms with Crippen LogP contribution in [-0.4, -0.2) is 18.0 Å². The molecule has 0 fully saturated rings. The topological polar surface area (TPSA) is 95.0 Å². The highest BCUT2D eigenvalue weighted by Gasteiger charge is 2.15. The number of nitrogens with two attached hydrogens (primary N) is 1. The van der Waals surface area contributed by atoms with Crippen LogP contribution in [0, 0.1) is 0 Å². The van der Waals surface area contributed by atoms with Gasteiger partial charge in [0.2, 0.25) is 10.0 Å².